The largest absolute Gasteiger partial charge is 0.480 e. The summed E-state index contributed by atoms with van der Waals surface area (Å²) in [5, 5.41) is 11.8. The second-order valence-electron chi connectivity index (χ2n) is 7.43. The molecule has 9 heteroatoms. The minimum atomic E-state index is -0.255. The van der Waals surface area contributed by atoms with Crippen LogP contribution in [-0.4, -0.2) is 21.0 Å². The van der Waals surface area contributed by atoms with Crippen LogP contribution < -0.4 is 10.1 Å². The Kier molecular flexibility index (Phi) is 5.06. The lowest BCUT2D eigenvalue weighted by atomic mass is 9.86. The fraction of sp³-hybridized carbons (Fsp3) is 0.130. The Morgan fingerprint density at radius 1 is 1.19 bits per heavy atom. The van der Waals surface area contributed by atoms with Crippen LogP contribution in [0.4, 0.5) is 5.95 Å². The Bertz CT molecular complexity index is 1350. The number of fused-ring (bicyclic) bond motifs is 3. The van der Waals surface area contributed by atoms with Crippen molar-refractivity contribution in [3.63, 3.8) is 0 Å². The summed E-state index contributed by atoms with van der Waals surface area (Å²) in [4.78, 5) is 5.86. The molecule has 2 atom stereocenters. The molecule has 4 heterocycles. The fourth-order valence-electron chi connectivity index (χ4n) is 4.21. The highest BCUT2D eigenvalue weighted by Crippen LogP contribution is 2.52. The van der Waals surface area contributed by atoms with Crippen molar-refractivity contribution < 1.29 is 4.74 Å². The number of ether oxygens (including phenoxy) is 1. The molecule has 0 radical (unpaired) electrons. The van der Waals surface area contributed by atoms with Crippen molar-refractivity contribution in [1.29, 1.82) is 0 Å². The van der Waals surface area contributed by atoms with E-state index in [1.54, 1.807) is 11.3 Å². The summed E-state index contributed by atoms with van der Waals surface area (Å²) in [6, 6.07) is 18.1. The molecule has 6 rings (SSSR count). The molecule has 4 aromatic rings. The molecule has 1 N–H and O–H groups in total. The smallest absolute Gasteiger partial charge is 0.227 e. The van der Waals surface area contributed by atoms with E-state index in [0.29, 0.717) is 11.0 Å². The fourth-order valence-corrected chi connectivity index (χ4v) is 5.77. The molecular weight excluding hydrogens is 528 g/mol. The maximum Gasteiger partial charge on any atom is 0.227 e. The Balaban J connectivity index is 1.64. The third kappa shape index (κ3) is 3.28. The van der Waals surface area contributed by atoms with Gasteiger partial charge in [0.2, 0.25) is 11.1 Å². The first kappa shape index (κ1) is 20.4. The third-order valence-electron chi connectivity index (χ3n) is 5.58. The highest BCUT2D eigenvalue weighted by Gasteiger charge is 2.41. The molecule has 0 amide bonds. The highest BCUT2D eigenvalue weighted by atomic mass is 79.9. The predicted octanol–water partition coefficient (Wildman–Crippen LogP) is 7.04. The van der Waals surface area contributed by atoms with Crippen LogP contribution in [0.1, 0.15) is 28.1 Å². The number of rotatable bonds is 3. The lowest BCUT2D eigenvalue weighted by molar-refractivity contribution is 0.226. The normalized spacial score (nSPS) is 19.0. The van der Waals surface area contributed by atoms with Crippen molar-refractivity contribution in [2.75, 3.05) is 11.6 Å². The van der Waals surface area contributed by atoms with Gasteiger partial charge in [0.05, 0.1) is 5.70 Å². The van der Waals surface area contributed by atoms with Gasteiger partial charge in [-0.25, -0.2) is 4.68 Å². The maximum atomic E-state index is 6.60. The Morgan fingerprint density at radius 3 is 2.78 bits per heavy atom. The van der Waals surface area contributed by atoms with Crippen molar-refractivity contribution >= 4 is 62.3 Å². The van der Waals surface area contributed by atoms with E-state index in [2.05, 4.69) is 63.0 Å². The van der Waals surface area contributed by atoms with E-state index in [1.807, 2.05) is 29.1 Å². The molecular formula is C23H16BrClN4OS2. The second kappa shape index (κ2) is 7.95. The van der Waals surface area contributed by atoms with Gasteiger partial charge in [0, 0.05) is 25.5 Å². The van der Waals surface area contributed by atoms with Crippen LogP contribution in [0.5, 0.6) is 5.75 Å². The number of aromatic nitrogens is 3. The van der Waals surface area contributed by atoms with Crippen LogP contribution in [0.15, 0.2) is 75.2 Å². The first-order chi connectivity index (χ1) is 15.6. The van der Waals surface area contributed by atoms with Gasteiger partial charge in [0.1, 0.15) is 11.8 Å². The zero-order valence-electron chi connectivity index (χ0n) is 16.8. The minimum absolute atomic E-state index is 0.179. The lowest BCUT2D eigenvalue weighted by Gasteiger charge is -2.38. The number of hydrogen-bond donors (Lipinski definition) is 1. The monoisotopic (exact) mass is 542 g/mol. The molecule has 0 spiro atoms. The van der Waals surface area contributed by atoms with Crippen LogP contribution in [0.25, 0.3) is 5.70 Å². The van der Waals surface area contributed by atoms with Gasteiger partial charge in [-0.15, -0.1) is 16.4 Å². The number of nitrogens with one attached hydrogen (secondary N) is 1. The number of benzene rings is 2. The predicted molar refractivity (Wildman–Crippen MR) is 134 cm³/mol. The molecule has 2 aliphatic heterocycles. The molecule has 2 aromatic heterocycles. The number of thioether (sulfide) groups is 1. The molecule has 2 aromatic carbocycles. The summed E-state index contributed by atoms with van der Waals surface area (Å²) < 4.78 is 9.60. The van der Waals surface area contributed by atoms with Crippen molar-refractivity contribution in [1.82, 2.24) is 14.8 Å². The average Bonchev–Trinajstić information content (AvgIpc) is 3.48. The molecule has 0 fully saturated rings. The van der Waals surface area contributed by atoms with Crippen LogP contribution in [0.3, 0.4) is 0 Å². The Morgan fingerprint density at radius 2 is 2.03 bits per heavy atom. The van der Waals surface area contributed by atoms with Gasteiger partial charge in [0.15, 0.2) is 6.10 Å². The lowest BCUT2D eigenvalue weighted by Crippen LogP contribution is -2.32. The maximum absolute atomic E-state index is 6.60. The van der Waals surface area contributed by atoms with E-state index in [4.69, 9.17) is 26.4 Å². The first-order valence-corrected chi connectivity index (χ1v) is 13.2. The third-order valence-corrected chi connectivity index (χ3v) is 7.80. The van der Waals surface area contributed by atoms with E-state index in [-0.39, 0.29) is 12.1 Å². The first-order valence-electron chi connectivity index (χ1n) is 9.89. The van der Waals surface area contributed by atoms with Crippen molar-refractivity contribution in [2.24, 2.45) is 0 Å². The molecule has 2 aliphatic rings. The summed E-state index contributed by atoms with van der Waals surface area (Å²) in [5.41, 5.74) is 4.11. The van der Waals surface area contributed by atoms with Crippen molar-refractivity contribution in [2.45, 2.75) is 17.3 Å². The van der Waals surface area contributed by atoms with Gasteiger partial charge < -0.3 is 10.1 Å². The minimum Gasteiger partial charge on any atom is -0.480 e. The van der Waals surface area contributed by atoms with Gasteiger partial charge >= 0.3 is 0 Å². The van der Waals surface area contributed by atoms with Crippen LogP contribution in [0, 0.1) is 0 Å². The summed E-state index contributed by atoms with van der Waals surface area (Å²) in [6.07, 6.45) is 1.73. The summed E-state index contributed by atoms with van der Waals surface area (Å²) in [5.74, 6) is 1.51. The second-order valence-corrected chi connectivity index (χ2v) is 10.5. The highest BCUT2D eigenvalue weighted by molar-refractivity contribution is 9.10. The van der Waals surface area contributed by atoms with Gasteiger partial charge in [-0.05, 0) is 53.6 Å². The van der Waals surface area contributed by atoms with Crippen LogP contribution in [0.2, 0.25) is 5.02 Å². The van der Waals surface area contributed by atoms with E-state index in [0.717, 1.165) is 42.7 Å². The molecule has 160 valence electrons. The summed E-state index contributed by atoms with van der Waals surface area (Å²) in [7, 11) is 0. The zero-order chi connectivity index (χ0) is 21.8. The van der Waals surface area contributed by atoms with E-state index in [9.17, 15) is 0 Å². The quantitative estimate of drug-likeness (QED) is 0.281. The summed E-state index contributed by atoms with van der Waals surface area (Å²) >= 11 is 13.2. The van der Waals surface area contributed by atoms with E-state index >= 15 is 0 Å². The number of hydrogen-bond acceptors (Lipinski definition) is 6. The van der Waals surface area contributed by atoms with Gasteiger partial charge in [-0.2, -0.15) is 4.98 Å². The van der Waals surface area contributed by atoms with Gasteiger partial charge in [-0.3, -0.25) is 0 Å². The standard InChI is InChI=1S/C23H16BrClN4OS2/c1-31-23-27-22-26-19-15-11-14(25)8-9-16(15)30-21(17-3-2-10-32-17)18(19)20(29(22)28-23)12-4-6-13(24)7-5-12/h2-11,20-21H,1H3,(H,26,27,28)/t20-,21-/m1/s1. The zero-order valence-corrected chi connectivity index (χ0v) is 20.7. The van der Waals surface area contributed by atoms with E-state index in [1.165, 1.54) is 11.8 Å². The molecule has 32 heavy (non-hydrogen) atoms. The molecule has 0 saturated carbocycles. The van der Waals surface area contributed by atoms with Crippen molar-refractivity contribution in [3.8, 4) is 5.75 Å². The average molecular weight is 544 g/mol. The van der Waals surface area contributed by atoms with Gasteiger partial charge in [0.25, 0.3) is 0 Å². The van der Waals surface area contributed by atoms with E-state index < -0.39 is 0 Å². The topological polar surface area (TPSA) is 52.0 Å². The summed E-state index contributed by atoms with van der Waals surface area (Å²) in [6.45, 7) is 0. The SMILES string of the molecule is CSc1nc2n(n1)[C@H](c1ccc(Br)cc1)C1=C(N2)c2cc(Cl)ccc2O[C@@H]1c1cccs1. The molecule has 0 bridgehead atoms. The Labute approximate surface area is 206 Å². The van der Waals surface area contributed by atoms with Crippen LogP contribution >= 0.6 is 50.6 Å². The molecule has 0 unspecified atom stereocenters. The van der Waals surface area contributed by atoms with Gasteiger partial charge in [-0.1, -0.05) is 57.5 Å². The number of thiophene rings is 1. The van der Waals surface area contributed by atoms with Crippen LogP contribution in [-0.2, 0) is 0 Å². The number of anilines is 1. The molecule has 0 aliphatic carbocycles. The molecule has 5 nitrogen and oxygen atoms in total. The molecule has 0 saturated heterocycles. The number of nitrogens with zero attached hydrogens (tertiary/aromatic N) is 3. The number of halogens is 2. The van der Waals surface area contributed by atoms with Crippen molar-refractivity contribution in [3.05, 3.63) is 91.0 Å². The Hall–Kier alpha value is -2.26.